The normalized spacial score (nSPS) is 12.9. The van der Waals surface area contributed by atoms with E-state index < -0.39 is 24.0 Å². The molecule has 0 spiro atoms. The molecule has 1 aliphatic carbocycles. The molecule has 0 aliphatic heterocycles. The Balaban J connectivity index is 1.40. The highest BCUT2D eigenvalue weighted by Crippen LogP contribution is 2.44. The van der Waals surface area contributed by atoms with Crippen LogP contribution in [-0.4, -0.2) is 35.7 Å². The average molecular weight is 499 g/mol. The van der Waals surface area contributed by atoms with E-state index in [1.807, 2.05) is 48.5 Å². The fourth-order valence-corrected chi connectivity index (χ4v) is 4.52. The number of carboxylic acid groups (broad SMARTS) is 1. The maximum atomic E-state index is 12.6. The number of rotatable bonds is 6. The number of carbonyl (C=O) groups is 3. The van der Waals surface area contributed by atoms with Crippen LogP contribution in [0.5, 0.6) is 0 Å². The third-order valence-corrected chi connectivity index (χ3v) is 6.12. The van der Waals surface area contributed by atoms with Gasteiger partial charge in [0.05, 0.1) is 16.3 Å². The van der Waals surface area contributed by atoms with E-state index in [4.69, 9.17) is 27.9 Å². The van der Waals surface area contributed by atoms with Crippen LogP contribution in [0, 0.1) is 0 Å². The number of carboxylic acids is 1. The summed E-state index contributed by atoms with van der Waals surface area (Å²) < 4.78 is 5.44. The molecular weight excluding hydrogens is 479 g/mol. The summed E-state index contributed by atoms with van der Waals surface area (Å²) in [5, 5.41) is 14.3. The van der Waals surface area contributed by atoms with Gasteiger partial charge in [-0.05, 0) is 41.3 Å². The Morgan fingerprint density at radius 3 is 2.18 bits per heavy atom. The molecule has 4 rings (SSSR count). The molecule has 3 aromatic carbocycles. The molecule has 7 nitrogen and oxygen atoms in total. The molecule has 3 aromatic rings. The van der Waals surface area contributed by atoms with E-state index >= 15 is 0 Å². The number of alkyl carbamates (subject to hydrolysis) is 1. The van der Waals surface area contributed by atoms with Crippen LogP contribution in [0.15, 0.2) is 60.7 Å². The van der Waals surface area contributed by atoms with E-state index in [-0.39, 0.29) is 33.8 Å². The Morgan fingerprint density at radius 1 is 1.00 bits per heavy atom. The van der Waals surface area contributed by atoms with Gasteiger partial charge in [-0.15, -0.1) is 0 Å². The van der Waals surface area contributed by atoms with Crippen molar-refractivity contribution in [2.24, 2.45) is 0 Å². The number of hydrogen-bond acceptors (Lipinski definition) is 4. The number of amides is 2. The molecule has 174 valence electrons. The zero-order chi connectivity index (χ0) is 24.4. The first-order valence-electron chi connectivity index (χ1n) is 10.4. The highest BCUT2D eigenvalue weighted by molar-refractivity contribution is 6.37. The molecule has 0 radical (unpaired) electrons. The second kappa shape index (κ2) is 9.75. The number of halogens is 2. The van der Waals surface area contributed by atoms with Crippen molar-refractivity contribution >= 4 is 46.9 Å². The van der Waals surface area contributed by atoms with Crippen LogP contribution in [-0.2, 0) is 9.53 Å². The second-order valence-electron chi connectivity index (χ2n) is 7.80. The SMILES string of the molecule is C[C@@H](NC(=O)OCC1c2ccccc2-c2ccccc21)C(=O)Nc1c(Cl)cc(Cl)cc1C(=O)O. The van der Waals surface area contributed by atoms with Crippen molar-refractivity contribution < 1.29 is 24.2 Å². The van der Waals surface area contributed by atoms with Crippen LogP contribution in [0.1, 0.15) is 34.3 Å². The summed E-state index contributed by atoms with van der Waals surface area (Å²) in [7, 11) is 0. The fourth-order valence-electron chi connectivity index (χ4n) is 3.98. The summed E-state index contributed by atoms with van der Waals surface area (Å²) in [5.74, 6) is -2.09. The molecule has 3 N–H and O–H groups in total. The number of ether oxygens (including phenoxy) is 1. The van der Waals surface area contributed by atoms with Gasteiger partial charge in [0.2, 0.25) is 5.91 Å². The van der Waals surface area contributed by atoms with Gasteiger partial charge in [-0.25, -0.2) is 9.59 Å². The van der Waals surface area contributed by atoms with Gasteiger partial charge in [-0.3, -0.25) is 4.79 Å². The van der Waals surface area contributed by atoms with Crippen molar-refractivity contribution in [3.8, 4) is 11.1 Å². The zero-order valence-corrected chi connectivity index (χ0v) is 19.5. The molecular formula is C25H20Cl2N2O5. The maximum Gasteiger partial charge on any atom is 0.407 e. The standard InChI is InChI=1S/C25H20Cl2N2O5/c1-13(23(30)29-22-19(24(31)32)10-14(26)11-21(22)27)28-25(33)34-12-20-17-8-4-2-6-15(17)16-7-3-5-9-18(16)20/h2-11,13,20H,12H2,1H3,(H,28,33)(H,29,30)(H,31,32)/t13-/m1/s1. The monoisotopic (exact) mass is 498 g/mol. The van der Waals surface area contributed by atoms with Crippen LogP contribution in [0.3, 0.4) is 0 Å². The van der Waals surface area contributed by atoms with Gasteiger partial charge in [-0.1, -0.05) is 71.7 Å². The van der Waals surface area contributed by atoms with Crippen molar-refractivity contribution in [2.75, 3.05) is 11.9 Å². The number of nitrogens with one attached hydrogen (secondary N) is 2. The van der Waals surface area contributed by atoms with Crippen molar-refractivity contribution in [1.29, 1.82) is 0 Å². The molecule has 0 saturated carbocycles. The van der Waals surface area contributed by atoms with Crippen molar-refractivity contribution in [2.45, 2.75) is 18.9 Å². The van der Waals surface area contributed by atoms with Crippen LogP contribution in [0.25, 0.3) is 11.1 Å². The van der Waals surface area contributed by atoms with Crippen molar-refractivity contribution in [3.63, 3.8) is 0 Å². The fraction of sp³-hybridized carbons (Fsp3) is 0.160. The summed E-state index contributed by atoms with van der Waals surface area (Å²) in [6.07, 6.45) is -0.773. The van der Waals surface area contributed by atoms with Gasteiger partial charge in [0.15, 0.2) is 0 Å². The predicted octanol–water partition coefficient (Wildman–Crippen LogP) is 5.56. The molecule has 0 bridgehead atoms. The molecule has 34 heavy (non-hydrogen) atoms. The topological polar surface area (TPSA) is 105 Å². The smallest absolute Gasteiger partial charge is 0.407 e. The summed E-state index contributed by atoms with van der Waals surface area (Å²) in [6.45, 7) is 1.54. The van der Waals surface area contributed by atoms with Crippen LogP contribution < -0.4 is 10.6 Å². The molecule has 9 heteroatoms. The van der Waals surface area contributed by atoms with E-state index in [0.29, 0.717) is 0 Å². The van der Waals surface area contributed by atoms with Crippen LogP contribution >= 0.6 is 23.2 Å². The van der Waals surface area contributed by atoms with Gasteiger partial charge < -0.3 is 20.5 Å². The predicted molar refractivity (Wildman–Crippen MR) is 130 cm³/mol. The molecule has 1 aliphatic rings. The molecule has 0 saturated heterocycles. The molecule has 0 unspecified atom stereocenters. The lowest BCUT2D eigenvalue weighted by Gasteiger charge is -2.18. The summed E-state index contributed by atoms with van der Waals surface area (Å²) in [4.78, 5) is 36.5. The zero-order valence-electron chi connectivity index (χ0n) is 18.0. The lowest BCUT2D eigenvalue weighted by atomic mass is 9.98. The van der Waals surface area contributed by atoms with Crippen LogP contribution in [0.4, 0.5) is 10.5 Å². The Bertz CT molecular complexity index is 1250. The van der Waals surface area contributed by atoms with Gasteiger partial charge >= 0.3 is 12.1 Å². The number of benzene rings is 3. The van der Waals surface area contributed by atoms with Crippen LogP contribution in [0.2, 0.25) is 10.0 Å². The van der Waals surface area contributed by atoms with Gasteiger partial charge in [0, 0.05) is 10.9 Å². The molecule has 2 amide bonds. The first-order chi connectivity index (χ1) is 16.3. The summed E-state index contributed by atoms with van der Waals surface area (Å²) >= 11 is 11.9. The third kappa shape index (κ3) is 4.71. The summed E-state index contributed by atoms with van der Waals surface area (Å²) in [5.41, 5.74) is 3.98. The van der Waals surface area contributed by atoms with Crippen molar-refractivity contribution in [1.82, 2.24) is 5.32 Å². The first-order valence-corrected chi connectivity index (χ1v) is 11.2. The Kier molecular flexibility index (Phi) is 6.77. The lowest BCUT2D eigenvalue weighted by molar-refractivity contribution is -0.117. The lowest BCUT2D eigenvalue weighted by Crippen LogP contribution is -2.42. The van der Waals surface area contributed by atoms with Gasteiger partial charge in [0.25, 0.3) is 0 Å². The van der Waals surface area contributed by atoms with E-state index in [9.17, 15) is 19.5 Å². The first kappa shape index (κ1) is 23.6. The molecule has 0 heterocycles. The Hall–Kier alpha value is -3.55. The largest absolute Gasteiger partial charge is 0.478 e. The number of aromatic carboxylic acids is 1. The summed E-state index contributed by atoms with van der Waals surface area (Å²) in [6, 6.07) is 17.4. The number of hydrogen-bond donors (Lipinski definition) is 3. The Labute approximate surface area is 205 Å². The van der Waals surface area contributed by atoms with Gasteiger partial charge in [0.1, 0.15) is 12.6 Å². The molecule has 0 aromatic heterocycles. The minimum Gasteiger partial charge on any atom is -0.478 e. The van der Waals surface area contributed by atoms with Crippen molar-refractivity contribution in [3.05, 3.63) is 87.4 Å². The number of anilines is 1. The highest BCUT2D eigenvalue weighted by Gasteiger charge is 2.29. The number of fused-ring (bicyclic) bond motifs is 3. The molecule has 0 fully saturated rings. The maximum absolute atomic E-state index is 12.6. The second-order valence-corrected chi connectivity index (χ2v) is 8.64. The van der Waals surface area contributed by atoms with E-state index in [2.05, 4.69) is 10.6 Å². The minimum atomic E-state index is -1.31. The van der Waals surface area contributed by atoms with E-state index in [1.165, 1.54) is 19.1 Å². The Morgan fingerprint density at radius 2 is 1.59 bits per heavy atom. The van der Waals surface area contributed by atoms with E-state index in [0.717, 1.165) is 22.3 Å². The molecule has 1 atom stereocenters. The number of carbonyl (C=O) groups excluding carboxylic acids is 2. The third-order valence-electron chi connectivity index (χ3n) is 5.60. The highest BCUT2D eigenvalue weighted by atomic mass is 35.5. The minimum absolute atomic E-state index is 0.0356. The van der Waals surface area contributed by atoms with E-state index in [1.54, 1.807) is 0 Å². The van der Waals surface area contributed by atoms with Gasteiger partial charge in [-0.2, -0.15) is 0 Å². The quantitative estimate of drug-likeness (QED) is 0.412. The average Bonchev–Trinajstić information content (AvgIpc) is 3.12.